The predicted octanol–water partition coefficient (Wildman–Crippen LogP) is 4.92. The van der Waals surface area contributed by atoms with Crippen molar-refractivity contribution in [3.8, 4) is 10.6 Å². The first kappa shape index (κ1) is 16.5. The second-order valence-corrected chi connectivity index (χ2v) is 6.23. The first-order chi connectivity index (χ1) is 11.3. The maximum absolute atomic E-state index is 13.6. The monoisotopic (exact) mass is 355 g/mol. The van der Waals surface area contributed by atoms with Crippen LogP contribution in [-0.4, -0.2) is 9.78 Å². The summed E-state index contributed by atoms with van der Waals surface area (Å²) in [5.74, 6) is -0.303. The summed E-state index contributed by atoms with van der Waals surface area (Å²) in [5.41, 5.74) is -0.0205. The fraction of sp³-hybridized carbons (Fsp3) is 0.188. The van der Waals surface area contributed by atoms with Gasteiger partial charge in [0, 0.05) is 19.2 Å². The molecular weight excluding hydrogens is 342 g/mol. The number of hydrogen-bond donors (Lipinski definition) is 1. The quantitative estimate of drug-likeness (QED) is 0.674. The van der Waals surface area contributed by atoms with Gasteiger partial charge in [0.05, 0.1) is 15.6 Å². The van der Waals surface area contributed by atoms with Crippen LogP contribution in [0.2, 0.25) is 0 Å². The summed E-state index contributed by atoms with van der Waals surface area (Å²) < 4.78 is 53.0. The molecule has 3 aromatic rings. The molecule has 0 aliphatic carbocycles. The number of anilines is 1. The first-order valence-corrected chi connectivity index (χ1v) is 7.85. The van der Waals surface area contributed by atoms with Gasteiger partial charge in [-0.2, -0.15) is 18.3 Å². The van der Waals surface area contributed by atoms with Crippen LogP contribution in [0, 0.1) is 5.82 Å². The third-order valence-corrected chi connectivity index (χ3v) is 4.51. The van der Waals surface area contributed by atoms with Crippen molar-refractivity contribution in [1.29, 1.82) is 0 Å². The smallest absolute Gasteiger partial charge is 0.373 e. The van der Waals surface area contributed by atoms with Gasteiger partial charge in [-0.25, -0.2) is 4.39 Å². The Kier molecular flexibility index (Phi) is 4.31. The lowest BCUT2D eigenvalue weighted by Gasteiger charge is -2.04. The molecule has 0 aliphatic heterocycles. The van der Waals surface area contributed by atoms with Gasteiger partial charge in [0.15, 0.2) is 5.69 Å². The Hall–Kier alpha value is -2.35. The van der Waals surface area contributed by atoms with Crippen LogP contribution in [0.25, 0.3) is 10.6 Å². The van der Waals surface area contributed by atoms with E-state index in [9.17, 15) is 17.6 Å². The molecule has 0 saturated carbocycles. The third kappa shape index (κ3) is 3.43. The number of hydrogen-bond acceptors (Lipinski definition) is 3. The summed E-state index contributed by atoms with van der Waals surface area (Å²) in [4.78, 5) is 0.650. The molecule has 0 atom stereocenters. The Bertz CT molecular complexity index is 851. The second kappa shape index (κ2) is 6.27. The minimum atomic E-state index is -4.47. The highest BCUT2D eigenvalue weighted by Crippen LogP contribution is 2.35. The molecule has 0 saturated heterocycles. The van der Waals surface area contributed by atoms with Crippen molar-refractivity contribution in [2.45, 2.75) is 12.7 Å². The Morgan fingerprint density at radius 3 is 2.58 bits per heavy atom. The molecule has 3 nitrogen and oxygen atoms in total. The molecular formula is C16H13F4N3S. The highest BCUT2D eigenvalue weighted by Gasteiger charge is 2.34. The standard InChI is InChI=1S/C16H13F4N3S/c1-23-12(8-14(22-23)16(18,19)20)13-6-7-15(24-13)21-9-10-4-2-3-5-11(10)17/h2-8,21H,9H2,1H3. The number of nitrogens with zero attached hydrogens (tertiary/aromatic N) is 2. The molecule has 2 heterocycles. The van der Waals surface area contributed by atoms with Crippen molar-refractivity contribution in [1.82, 2.24) is 9.78 Å². The Labute approximate surface area is 139 Å². The van der Waals surface area contributed by atoms with Crippen molar-refractivity contribution < 1.29 is 17.6 Å². The zero-order valence-electron chi connectivity index (χ0n) is 12.6. The summed E-state index contributed by atoms with van der Waals surface area (Å²) >= 11 is 1.29. The molecule has 1 N–H and O–H groups in total. The Morgan fingerprint density at radius 2 is 1.92 bits per heavy atom. The zero-order valence-corrected chi connectivity index (χ0v) is 13.4. The second-order valence-electron chi connectivity index (χ2n) is 5.15. The van der Waals surface area contributed by atoms with Crippen molar-refractivity contribution in [2.75, 3.05) is 5.32 Å². The van der Waals surface area contributed by atoms with E-state index in [2.05, 4.69) is 10.4 Å². The van der Waals surface area contributed by atoms with E-state index >= 15 is 0 Å². The van der Waals surface area contributed by atoms with Crippen LogP contribution in [0.3, 0.4) is 0 Å². The topological polar surface area (TPSA) is 29.9 Å². The fourth-order valence-corrected chi connectivity index (χ4v) is 3.18. The molecule has 24 heavy (non-hydrogen) atoms. The number of nitrogens with one attached hydrogen (secondary N) is 1. The summed E-state index contributed by atoms with van der Waals surface area (Å²) in [6.45, 7) is 0.297. The van der Waals surface area contributed by atoms with Crippen LogP contribution in [0.1, 0.15) is 11.3 Å². The number of aryl methyl sites for hydroxylation is 1. The molecule has 0 fully saturated rings. The number of benzene rings is 1. The Morgan fingerprint density at radius 1 is 1.17 bits per heavy atom. The summed E-state index contributed by atoms with van der Waals surface area (Å²) in [6, 6.07) is 10.9. The molecule has 0 bridgehead atoms. The maximum Gasteiger partial charge on any atom is 0.435 e. The Balaban J connectivity index is 1.76. The molecule has 1 aromatic carbocycles. The van der Waals surface area contributed by atoms with E-state index in [4.69, 9.17) is 0 Å². The molecule has 0 spiro atoms. The molecule has 126 valence electrons. The SMILES string of the molecule is Cn1nc(C(F)(F)F)cc1-c1ccc(NCc2ccccc2F)s1. The van der Waals surface area contributed by atoms with E-state index in [0.717, 1.165) is 11.1 Å². The van der Waals surface area contributed by atoms with Crippen molar-refractivity contribution in [3.05, 3.63) is 59.5 Å². The van der Waals surface area contributed by atoms with Gasteiger partial charge in [-0.05, 0) is 24.3 Å². The van der Waals surface area contributed by atoms with Gasteiger partial charge in [-0.1, -0.05) is 18.2 Å². The van der Waals surface area contributed by atoms with E-state index in [1.54, 1.807) is 30.3 Å². The van der Waals surface area contributed by atoms with Gasteiger partial charge >= 0.3 is 6.18 Å². The predicted molar refractivity (Wildman–Crippen MR) is 85.2 cm³/mol. The molecule has 0 radical (unpaired) electrons. The highest BCUT2D eigenvalue weighted by molar-refractivity contribution is 7.19. The maximum atomic E-state index is 13.6. The van der Waals surface area contributed by atoms with E-state index in [1.165, 1.54) is 29.1 Å². The van der Waals surface area contributed by atoms with Crippen LogP contribution >= 0.6 is 11.3 Å². The summed E-state index contributed by atoms with van der Waals surface area (Å²) in [6.07, 6.45) is -4.47. The summed E-state index contributed by atoms with van der Waals surface area (Å²) in [5, 5.41) is 7.32. The molecule has 0 unspecified atom stereocenters. The number of halogens is 4. The minimum Gasteiger partial charge on any atom is -0.373 e. The number of rotatable bonds is 4. The first-order valence-electron chi connectivity index (χ1n) is 7.03. The van der Waals surface area contributed by atoms with Crippen LogP contribution in [0.5, 0.6) is 0 Å². The van der Waals surface area contributed by atoms with Crippen LogP contribution < -0.4 is 5.32 Å². The fourth-order valence-electron chi connectivity index (χ4n) is 2.23. The van der Waals surface area contributed by atoms with Gasteiger partial charge < -0.3 is 5.32 Å². The average Bonchev–Trinajstić information content (AvgIpc) is 3.12. The number of thiophene rings is 1. The van der Waals surface area contributed by atoms with E-state index in [-0.39, 0.29) is 5.82 Å². The molecule has 8 heteroatoms. The highest BCUT2D eigenvalue weighted by atomic mass is 32.1. The van der Waals surface area contributed by atoms with Gasteiger partial charge in [-0.3, -0.25) is 4.68 Å². The molecule has 3 rings (SSSR count). The van der Waals surface area contributed by atoms with Crippen molar-refractivity contribution in [2.24, 2.45) is 7.05 Å². The van der Waals surface area contributed by atoms with Gasteiger partial charge in [0.1, 0.15) is 5.82 Å². The lowest BCUT2D eigenvalue weighted by Crippen LogP contribution is -2.06. The normalized spacial score (nSPS) is 11.7. The molecule has 0 aliphatic rings. The van der Waals surface area contributed by atoms with Gasteiger partial charge in [0.2, 0.25) is 0 Å². The van der Waals surface area contributed by atoms with E-state index in [1.807, 2.05) is 0 Å². The lowest BCUT2D eigenvalue weighted by molar-refractivity contribution is -0.141. The van der Waals surface area contributed by atoms with Crippen LogP contribution in [-0.2, 0) is 19.8 Å². The number of alkyl halides is 3. The van der Waals surface area contributed by atoms with E-state index < -0.39 is 11.9 Å². The largest absolute Gasteiger partial charge is 0.435 e. The zero-order chi connectivity index (χ0) is 17.3. The van der Waals surface area contributed by atoms with Gasteiger partial charge in [0.25, 0.3) is 0 Å². The van der Waals surface area contributed by atoms with Gasteiger partial charge in [-0.15, -0.1) is 11.3 Å². The molecule has 0 amide bonds. The van der Waals surface area contributed by atoms with Crippen LogP contribution in [0.4, 0.5) is 22.6 Å². The number of aromatic nitrogens is 2. The molecule has 2 aromatic heterocycles. The van der Waals surface area contributed by atoms with E-state index in [0.29, 0.717) is 22.7 Å². The summed E-state index contributed by atoms with van der Waals surface area (Å²) in [7, 11) is 1.47. The van der Waals surface area contributed by atoms with Crippen LogP contribution in [0.15, 0.2) is 42.5 Å². The van der Waals surface area contributed by atoms with Crippen molar-refractivity contribution >= 4 is 16.3 Å². The minimum absolute atomic E-state index is 0.297. The lowest BCUT2D eigenvalue weighted by atomic mass is 10.2. The average molecular weight is 355 g/mol. The third-order valence-electron chi connectivity index (χ3n) is 3.44. The van der Waals surface area contributed by atoms with Crippen molar-refractivity contribution in [3.63, 3.8) is 0 Å².